The number of aromatic nitrogens is 1. The number of fused-ring (bicyclic) bond motifs is 1. The number of H-pyrrole nitrogens is 1. The zero-order valence-electron chi connectivity index (χ0n) is 11.1. The largest absolute Gasteiger partial charge is 0.495 e. The van der Waals surface area contributed by atoms with Gasteiger partial charge in [-0.25, -0.2) is 4.79 Å². The zero-order chi connectivity index (χ0) is 14.9. The van der Waals surface area contributed by atoms with Crippen molar-refractivity contribution in [2.24, 2.45) is 0 Å². The van der Waals surface area contributed by atoms with Crippen LogP contribution in [-0.2, 0) is 4.74 Å². The Bertz CT molecular complexity index is 738. The minimum atomic E-state index is -0.744. The molecule has 20 heavy (non-hydrogen) atoms. The first-order chi connectivity index (χ1) is 9.54. The molecular formula is C13H12ClNO5. The van der Waals surface area contributed by atoms with Crippen molar-refractivity contribution in [3.05, 3.63) is 33.1 Å². The van der Waals surface area contributed by atoms with E-state index < -0.39 is 11.4 Å². The third-order valence-electron chi connectivity index (χ3n) is 2.87. The first kappa shape index (κ1) is 14.2. The van der Waals surface area contributed by atoms with Crippen molar-refractivity contribution in [3.8, 4) is 11.5 Å². The highest BCUT2D eigenvalue weighted by molar-refractivity contribution is 6.37. The van der Waals surface area contributed by atoms with Crippen LogP contribution in [0.5, 0.6) is 11.5 Å². The Morgan fingerprint density at radius 2 is 1.85 bits per heavy atom. The maximum Gasteiger partial charge on any atom is 0.343 e. The van der Waals surface area contributed by atoms with Gasteiger partial charge >= 0.3 is 5.97 Å². The fraction of sp³-hybridized carbons (Fsp3) is 0.231. The van der Waals surface area contributed by atoms with Crippen molar-refractivity contribution in [3.63, 3.8) is 0 Å². The van der Waals surface area contributed by atoms with E-state index in [4.69, 9.17) is 21.1 Å². The highest BCUT2D eigenvalue weighted by atomic mass is 35.5. The van der Waals surface area contributed by atoms with Gasteiger partial charge in [-0.1, -0.05) is 11.6 Å². The molecule has 0 saturated carbocycles. The molecule has 0 unspecified atom stereocenters. The van der Waals surface area contributed by atoms with Crippen LogP contribution in [0.2, 0.25) is 5.02 Å². The summed E-state index contributed by atoms with van der Waals surface area (Å²) in [6, 6.07) is 1.55. The van der Waals surface area contributed by atoms with E-state index in [-0.39, 0.29) is 21.7 Å². The predicted octanol–water partition coefficient (Wildman–Crippen LogP) is 1.99. The Balaban J connectivity index is 2.92. The smallest absolute Gasteiger partial charge is 0.343 e. The quantitative estimate of drug-likeness (QED) is 0.877. The summed E-state index contributed by atoms with van der Waals surface area (Å²) in [6.07, 6.45) is 1.27. The molecule has 0 radical (unpaired) electrons. The lowest BCUT2D eigenvalue weighted by Crippen LogP contribution is -2.17. The molecule has 6 nitrogen and oxygen atoms in total. The average Bonchev–Trinajstić information content (AvgIpc) is 2.47. The van der Waals surface area contributed by atoms with E-state index in [1.807, 2.05) is 0 Å². The van der Waals surface area contributed by atoms with Crippen LogP contribution in [0.3, 0.4) is 0 Å². The van der Waals surface area contributed by atoms with E-state index >= 15 is 0 Å². The third-order valence-corrected chi connectivity index (χ3v) is 3.25. The van der Waals surface area contributed by atoms with Gasteiger partial charge in [-0.2, -0.15) is 0 Å². The summed E-state index contributed by atoms with van der Waals surface area (Å²) in [7, 11) is 4.07. The SMILES string of the molecule is COC(=O)c1c[nH]c2c(OC)cc(OC)c(Cl)c2c1=O. The molecule has 1 aromatic heterocycles. The van der Waals surface area contributed by atoms with Crippen LogP contribution in [0.4, 0.5) is 0 Å². The van der Waals surface area contributed by atoms with Crippen LogP contribution >= 0.6 is 11.6 Å². The average molecular weight is 298 g/mol. The number of nitrogens with one attached hydrogen (secondary N) is 1. The lowest BCUT2D eigenvalue weighted by Gasteiger charge is -2.11. The molecule has 0 amide bonds. The van der Waals surface area contributed by atoms with Crippen molar-refractivity contribution in [1.82, 2.24) is 4.98 Å². The number of aromatic amines is 1. The molecule has 2 rings (SSSR count). The van der Waals surface area contributed by atoms with Crippen LogP contribution in [0.15, 0.2) is 17.1 Å². The molecule has 0 spiro atoms. The van der Waals surface area contributed by atoms with Crippen molar-refractivity contribution in [1.29, 1.82) is 0 Å². The highest BCUT2D eigenvalue weighted by Gasteiger charge is 2.20. The summed E-state index contributed by atoms with van der Waals surface area (Å²) >= 11 is 6.14. The molecule has 106 valence electrons. The topological polar surface area (TPSA) is 77.6 Å². The Kier molecular flexibility index (Phi) is 3.85. The Hall–Kier alpha value is -2.21. The van der Waals surface area contributed by atoms with Gasteiger partial charge in [-0.05, 0) is 0 Å². The molecule has 0 saturated heterocycles. The number of rotatable bonds is 3. The number of esters is 1. The van der Waals surface area contributed by atoms with Gasteiger partial charge in [0, 0.05) is 12.3 Å². The summed E-state index contributed by atoms with van der Waals surface area (Å²) in [5.74, 6) is -0.0794. The molecule has 0 aliphatic rings. The van der Waals surface area contributed by atoms with E-state index in [0.29, 0.717) is 11.3 Å². The predicted molar refractivity (Wildman–Crippen MR) is 74.0 cm³/mol. The molecule has 0 aliphatic carbocycles. The number of ether oxygens (including phenoxy) is 3. The molecule has 7 heteroatoms. The first-order valence-corrected chi connectivity index (χ1v) is 5.97. The maximum atomic E-state index is 12.4. The molecule has 1 aromatic carbocycles. The van der Waals surface area contributed by atoms with E-state index in [1.165, 1.54) is 27.5 Å². The van der Waals surface area contributed by atoms with Crippen molar-refractivity contribution in [2.75, 3.05) is 21.3 Å². The number of carbonyl (C=O) groups excluding carboxylic acids is 1. The van der Waals surface area contributed by atoms with Gasteiger partial charge in [-0.15, -0.1) is 0 Å². The van der Waals surface area contributed by atoms with E-state index in [1.54, 1.807) is 6.07 Å². The second-order valence-electron chi connectivity index (χ2n) is 3.87. The molecule has 2 aromatic rings. The number of pyridine rings is 1. The standard InChI is InChI=1S/C13H12ClNO5/c1-18-7-4-8(19-2)11-9(10(7)14)12(16)6(5-15-11)13(17)20-3/h4-5H,1-3H3,(H,15,16). The fourth-order valence-corrected chi connectivity index (χ4v) is 2.19. The Morgan fingerprint density at radius 1 is 1.20 bits per heavy atom. The van der Waals surface area contributed by atoms with E-state index in [2.05, 4.69) is 9.72 Å². The summed E-state index contributed by atoms with van der Waals surface area (Å²) < 4.78 is 14.8. The second kappa shape index (κ2) is 5.42. The first-order valence-electron chi connectivity index (χ1n) is 5.59. The summed E-state index contributed by atoms with van der Waals surface area (Å²) in [5.41, 5.74) is -0.305. The number of halogens is 1. The fourth-order valence-electron chi connectivity index (χ4n) is 1.88. The van der Waals surface area contributed by atoms with Crippen molar-refractivity contribution in [2.45, 2.75) is 0 Å². The van der Waals surface area contributed by atoms with Crippen molar-refractivity contribution >= 4 is 28.5 Å². The molecule has 1 heterocycles. The molecule has 1 N–H and O–H groups in total. The number of hydrogen-bond donors (Lipinski definition) is 1. The molecule has 0 aliphatic heterocycles. The number of benzene rings is 1. The Morgan fingerprint density at radius 3 is 2.40 bits per heavy atom. The van der Waals surface area contributed by atoms with Crippen LogP contribution in [0, 0.1) is 0 Å². The normalized spacial score (nSPS) is 10.4. The van der Waals surface area contributed by atoms with Gasteiger partial charge in [0.05, 0.1) is 37.3 Å². The molecule has 0 atom stereocenters. The summed E-state index contributed by atoms with van der Waals surface area (Å²) in [5, 5.41) is 0.223. The second-order valence-corrected chi connectivity index (χ2v) is 4.25. The van der Waals surface area contributed by atoms with Gasteiger partial charge in [0.15, 0.2) is 0 Å². The van der Waals surface area contributed by atoms with Crippen LogP contribution < -0.4 is 14.9 Å². The molecule has 0 fully saturated rings. The molecular weight excluding hydrogens is 286 g/mol. The van der Waals surface area contributed by atoms with Crippen molar-refractivity contribution < 1.29 is 19.0 Å². The highest BCUT2D eigenvalue weighted by Crippen LogP contribution is 2.36. The minimum absolute atomic E-state index is 0.107. The van der Waals surface area contributed by atoms with Gasteiger partial charge in [0.2, 0.25) is 5.43 Å². The maximum absolute atomic E-state index is 12.4. The number of carbonyl (C=O) groups is 1. The minimum Gasteiger partial charge on any atom is -0.495 e. The third kappa shape index (κ3) is 2.08. The number of methoxy groups -OCH3 is 3. The lowest BCUT2D eigenvalue weighted by atomic mass is 10.1. The number of hydrogen-bond acceptors (Lipinski definition) is 5. The van der Waals surface area contributed by atoms with Gasteiger partial charge in [0.25, 0.3) is 0 Å². The molecule has 0 bridgehead atoms. The van der Waals surface area contributed by atoms with Gasteiger partial charge in [0.1, 0.15) is 17.1 Å². The van der Waals surface area contributed by atoms with Gasteiger partial charge < -0.3 is 19.2 Å². The van der Waals surface area contributed by atoms with Crippen LogP contribution in [0.25, 0.3) is 10.9 Å². The monoisotopic (exact) mass is 297 g/mol. The van der Waals surface area contributed by atoms with E-state index in [0.717, 1.165) is 0 Å². The van der Waals surface area contributed by atoms with E-state index in [9.17, 15) is 9.59 Å². The summed E-state index contributed by atoms with van der Waals surface area (Å²) in [4.78, 5) is 26.7. The van der Waals surface area contributed by atoms with Crippen LogP contribution in [0.1, 0.15) is 10.4 Å². The lowest BCUT2D eigenvalue weighted by molar-refractivity contribution is 0.0599. The van der Waals surface area contributed by atoms with Crippen LogP contribution in [-0.4, -0.2) is 32.3 Å². The summed E-state index contributed by atoms with van der Waals surface area (Å²) in [6.45, 7) is 0. The van der Waals surface area contributed by atoms with Gasteiger partial charge in [-0.3, -0.25) is 4.79 Å². The zero-order valence-corrected chi connectivity index (χ0v) is 11.8. The Labute approximate surface area is 119 Å².